The number of para-hydroxylation sites is 1. The smallest absolute Gasteiger partial charge is 0.262 e. The number of nitrogens with zero attached hydrogens (tertiary/aromatic N) is 2. The average molecular weight is 439 g/mol. The average Bonchev–Trinajstić information content (AvgIpc) is 3.22. The molecule has 2 heterocycles. The van der Waals surface area contributed by atoms with Gasteiger partial charge in [0.1, 0.15) is 6.10 Å². The number of aromatic nitrogens is 1. The Kier molecular flexibility index (Phi) is 7.00. The number of carbonyl (C=O) groups excluding carboxylic acids is 1. The normalized spacial score (nSPS) is 17.7. The lowest BCUT2D eigenvalue weighted by atomic mass is 10.0. The molecule has 6 heteroatoms. The van der Waals surface area contributed by atoms with Crippen LogP contribution in [0.1, 0.15) is 51.5 Å². The molecule has 1 aliphatic heterocycles. The van der Waals surface area contributed by atoms with Gasteiger partial charge >= 0.3 is 0 Å². The molecule has 2 aromatic carbocycles. The Bertz CT molecular complexity index is 976. The largest absolute Gasteiger partial charge is 0.376 e. The predicted molar refractivity (Wildman–Crippen MR) is 126 cm³/mol. The first-order valence-electron chi connectivity index (χ1n) is 11.1. The van der Waals surface area contributed by atoms with E-state index in [2.05, 4.69) is 26.0 Å². The minimum absolute atomic E-state index is 0.0743. The highest BCUT2D eigenvalue weighted by Gasteiger charge is 2.28. The molecule has 1 fully saturated rings. The number of benzene rings is 2. The number of hydrogen-bond donors (Lipinski definition) is 0. The zero-order valence-corrected chi connectivity index (χ0v) is 19.2. The SMILES string of the molecule is CC(OCC1CCCCO1)C(=O)N(c1ccc(C(C)C)cc1)c1nc2ccccc2s1. The number of anilines is 2. The van der Waals surface area contributed by atoms with Gasteiger partial charge in [0.2, 0.25) is 0 Å². The second kappa shape index (κ2) is 9.90. The van der Waals surface area contributed by atoms with Crippen molar-refractivity contribution in [3.8, 4) is 0 Å². The number of ether oxygens (including phenoxy) is 2. The molecule has 1 saturated heterocycles. The minimum atomic E-state index is -0.595. The molecule has 1 amide bonds. The van der Waals surface area contributed by atoms with E-state index >= 15 is 0 Å². The lowest BCUT2D eigenvalue weighted by molar-refractivity contribution is -0.132. The fourth-order valence-corrected chi connectivity index (χ4v) is 4.73. The molecular weight excluding hydrogens is 408 g/mol. The van der Waals surface area contributed by atoms with Gasteiger partial charge < -0.3 is 9.47 Å². The molecular formula is C25H30N2O3S. The van der Waals surface area contributed by atoms with Crippen LogP contribution in [0.15, 0.2) is 48.5 Å². The van der Waals surface area contributed by atoms with Gasteiger partial charge in [0, 0.05) is 6.61 Å². The lowest BCUT2D eigenvalue weighted by Gasteiger charge is -2.27. The Morgan fingerprint density at radius 1 is 1.16 bits per heavy atom. The van der Waals surface area contributed by atoms with Crippen LogP contribution >= 0.6 is 11.3 Å². The molecule has 0 saturated carbocycles. The summed E-state index contributed by atoms with van der Waals surface area (Å²) in [5.74, 6) is 0.311. The molecule has 1 aromatic heterocycles. The zero-order valence-electron chi connectivity index (χ0n) is 18.4. The maximum atomic E-state index is 13.5. The Labute approximate surface area is 188 Å². The number of hydrogen-bond acceptors (Lipinski definition) is 5. The van der Waals surface area contributed by atoms with Crippen LogP contribution in [0.5, 0.6) is 0 Å². The zero-order chi connectivity index (χ0) is 21.8. The highest BCUT2D eigenvalue weighted by molar-refractivity contribution is 7.22. The van der Waals surface area contributed by atoms with Gasteiger partial charge in [0.05, 0.1) is 28.6 Å². The third kappa shape index (κ3) is 5.14. The van der Waals surface area contributed by atoms with E-state index in [1.165, 1.54) is 16.9 Å². The van der Waals surface area contributed by atoms with Crippen molar-refractivity contribution in [3.05, 3.63) is 54.1 Å². The van der Waals surface area contributed by atoms with Crippen molar-refractivity contribution >= 4 is 38.3 Å². The molecule has 0 radical (unpaired) electrons. The highest BCUT2D eigenvalue weighted by Crippen LogP contribution is 2.34. The van der Waals surface area contributed by atoms with Gasteiger partial charge in [0.25, 0.3) is 5.91 Å². The van der Waals surface area contributed by atoms with Crippen LogP contribution < -0.4 is 4.90 Å². The maximum Gasteiger partial charge on any atom is 0.262 e. The number of carbonyl (C=O) groups is 1. The summed E-state index contributed by atoms with van der Waals surface area (Å²) < 4.78 is 12.8. The lowest BCUT2D eigenvalue weighted by Crippen LogP contribution is -2.38. The number of fused-ring (bicyclic) bond motifs is 1. The van der Waals surface area contributed by atoms with Crippen molar-refractivity contribution in [1.29, 1.82) is 0 Å². The summed E-state index contributed by atoms with van der Waals surface area (Å²) in [4.78, 5) is 20.0. The van der Waals surface area contributed by atoms with Crippen molar-refractivity contribution in [1.82, 2.24) is 4.98 Å². The summed E-state index contributed by atoms with van der Waals surface area (Å²) in [6.45, 7) is 7.35. The van der Waals surface area contributed by atoms with Crippen LogP contribution in [-0.4, -0.2) is 36.3 Å². The van der Waals surface area contributed by atoms with Gasteiger partial charge in [-0.15, -0.1) is 0 Å². The highest BCUT2D eigenvalue weighted by atomic mass is 32.1. The molecule has 0 spiro atoms. The molecule has 2 unspecified atom stereocenters. The molecule has 0 aliphatic carbocycles. The molecule has 164 valence electrons. The van der Waals surface area contributed by atoms with E-state index in [0.29, 0.717) is 17.7 Å². The first-order valence-corrected chi connectivity index (χ1v) is 11.9. The van der Waals surface area contributed by atoms with Crippen molar-refractivity contribution in [3.63, 3.8) is 0 Å². The fourth-order valence-electron chi connectivity index (χ4n) is 3.74. The Morgan fingerprint density at radius 2 is 1.94 bits per heavy atom. The van der Waals surface area contributed by atoms with Crippen LogP contribution in [0.4, 0.5) is 10.8 Å². The summed E-state index contributed by atoms with van der Waals surface area (Å²) in [5.41, 5.74) is 2.93. The van der Waals surface area contributed by atoms with E-state index in [0.717, 1.165) is 41.8 Å². The second-order valence-electron chi connectivity index (χ2n) is 8.35. The van der Waals surface area contributed by atoms with E-state index in [-0.39, 0.29) is 12.0 Å². The quantitative estimate of drug-likeness (QED) is 0.450. The van der Waals surface area contributed by atoms with Crippen molar-refractivity contribution in [2.45, 2.75) is 58.2 Å². The van der Waals surface area contributed by atoms with Crippen molar-refractivity contribution in [2.24, 2.45) is 0 Å². The van der Waals surface area contributed by atoms with Crippen LogP contribution in [0, 0.1) is 0 Å². The standard InChI is InChI=1S/C25H30N2O3S/c1-17(2)19-11-13-20(14-12-19)27(25-26-22-9-4-5-10-23(22)31-25)24(28)18(3)30-16-21-8-6-7-15-29-21/h4-5,9-14,17-18,21H,6-8,15-16H2,1-3H3. The number of thiazole rings is 1. The van der Waals surface area contributed by atoms with E-state index in [4.69, 9.17) is 14.5 Å². The molecule has 31 heavy (non-hydrogen) atoms. The summed E-state index contributed by atoms with van der Waals surface area (Å²) in [6, 6.07) is 16.1. The van der Waals surface area contributed by atoms with Gasteiger partial charge in [-0.05, 0) is 61.9 Å². The summed E-state index contributed by atoms with van der Waals surface area (Å²) in [7, 11) is 0. The first kappa shape index (κ1) is 21.9. The van der Waals surface area contributed by atoms with Gasteiger partial charge in [-0.3, -0.25) is 9.69 Å². The summed E-state index contributed by atoms with van der Waals surface area (Å²) in [5, 5.41) is 0.660. The fraction of sp³-hybridized carbons (Fsp3) is 0.440. The second-order valence-corrected chi connectivity index (χ2v) is 9.36. The Balaban J connectivity index is 1.60. The molecule has 0 N–H and O–H groups in total. The topological polar surface area (TPSA) is 51.7 Å². The monoisotopic (exact) mass is 438 g/mol. The van der Waals surface area contributed by atoms with Crippen LogP contribution in [0.2, 0.25) is 0 Å². The number of rotatable bonds is 7. The minimum Gasteiger partial charge on any atom is -0.376 e. The predicted octanol–water partition coefficient (Wildman–Crippen LogP) is 6.06. The van der Waals surface area contributed by atoms with Crippen molar-refractivity contribution in [2.75, 3.05) is 18.1 Å². The Morgan fingerprint density at radius 3 is 2.61 bits per heavy atom. The molecule has 1 aliphatic rings. The van der Waals surface area contributed by atoms with E-state index < -0.39 is 6.10 Å². The Hall–Kier alpha value is -2.28. The number of amides is 1. The summed E-state index contributed by atoms with van der Waals surface area (Å²) in [6.07, 6.45) is 2.71. The molecule has 5 nitrogen and oxygen atoms in total. The third-order valence-electron chi connectivity index (χ3n) is 5.67. The van der Waals surface area contributed by atoms with Gasteiger partial charge in [0.15, 0.2) is 5.13 Å². The van der Waals surface area contributed by atoms with Crippen molar-refractivity contribution < 1.29 is 14.3 Å². The molecule has 0 bridgehead atoms. The van der Waals surface area contributed by atoms with Crippen LogP contribution in [0.25, 0.3) is 10.2 Å². The van der Waals surface area contributed by atoms with E-state index in [1.807, 2.05) is 43.3 Å². The van der Waals surface area contributed by atoms with Gasteiger partial charge in [-0.25, -0.2) is 4.98 Å². The molecule has 3 aromatic rings. The summed E-state index contributed by atoms with van der Waals surface area (Å²) >= 11 is 1.52. The van der Waals surface area contributed by atoms with Gasteiger partial charge in [-0.2, -0.15) is 0 Å². The maximum absolute atomic E-state index is 13.5. The van der Waals surface area contributed by atoms with E-state index in [9.17, 15) is 4.79 Å². The van der Waals surface area contributed by atoms with Crippen LogP contribution in [0.3, 0.4) is 0 Å². The molecule has 2 atom stereocenters. The van der Waals surface area contributed by atoms with Crippen LogP contribution in [-0.2, 0) is 14.3 Å². The molecule has 4 rings (SSSR count). The van der Waals surface area contributed by atoms with Gasteiger partial charge in [-0.1, -0.05) is 49.4 Å². The van der Waals surface area contributed by atoms with E-state index in [1.54, 1.807) is 4.90 Å². The third-order valence-corrected chi connectivity index (χ3v) is 6.69. The first-order chi connectivity index (χ1) is 15.0.